The lowest BCUT2D eigenvalue weighted by Crippen LogP contribution is -2.49. The second-order valence-corrected chi connectivity index (χ2v) is 5.35. The molecule has 0 fully saturated rings. The lowest BCUT2D eigenvalue weighted by Gasteiger charge is -2.28. The van der Waals surface area contributed by atoms with Gasteiger partial charge in [0.1, 0.15) is 11.9 Å². The minimum atomic E-state index is -0.404. The van der Waals surface area contributed by atoms with Crippen LogP contribution in [-0.2, 0) is 16.0 Å². The van der Waals surface area contributed by atoms with Crippen LogP contribution in [-0.4, -0.2) is 29.8 Å². The van der Waals surface area contributed by atoms with Crippen molar-refractivity contribution in [2.45, 2.75) is 45.3 Å². The van der Waals surface area contributed by atoms with Crippen LogP contribution < -0.4 is 5.32 Å². The monoisotopic (exact) mass is 265 g/mol. The van der Waals surface area contributed by atoms with Gasteiger partial charge >= 0.3 is 0 Å². The molecule has 0 aromatic heterocycles. The first-order chi connectivity index (χ1) is 8.88. The fourth-order valence-electron chi connectivity index (χ4n) is 2.04. The molecular formula is C15H23NO3. The molecule has 1 aromatic carbocycles. The quantitative estimate of drug-likeness (QED) is 0.829. The van der Waals surface area contributed by atoms with Gasteiger partial charge in [-0.2, -0.15) is 0 Å². The van der Waals surface area contributed by atoms with Crippen molar-refractivity contribution in [1.82, 2.24) is 5.32 Å². The summed E-state index contributed by atoms with van der Waals surface area (Å²) in [6.45, 7) is 5.86. The Morgan fingerprint density at radius 1 is 1.37 bits per heavy atom. The molecule has 1 rings (SSSR count). The second kappa shape index (κ2) is 6.57. The van der Waals surface area contributed by atoms with Gasteiger partial charge in [0.15, 0.2) is 0 Å². The molecule has 0 aliphatic heterocycles. The fourth-order valence-corrected chi connectivity index (χ4v) is 2.04. The Morgan fingerprint density at radius 3 is 2.42 bits per heavy atom. The number of hydrogen-bond donors (Lipinski definition) is 2. The normalized spacial score (nSPS) is 13.1. The Balaban J connectivity index is 2.65. The maximum Gasteiger partial charge on any atom is 0.249 e. The number of nitrogens with one attached hydrogen (secondary N) is 1. The number of methoxy groups -OCH3 is 1. The number of phenolic OH excluding ortho intramolecular Hbond substituents is 1. The van der Waals surface area contributed by atoms with E-state index in [0.717, 1.165) is 5.56 Å². The molecule has 0 saturated heterocycles. The topological polar surface area (TPSA) is 58.6 Å². The van der Waals surface area contributed by atoms with Crippen LogP contribution in [0.3, 0.4) is 0 Å². The lowest BCUT2D eigenvalue weighted by atomic mass is 9.94. The summed E-state index contributed by atoms with van der Waals surface area (Å²) in [5.41, 5.74) is 0.702. The van der Waals surface area contributed by atoms with Gasteiger partial charge in [-0.05, 0) is 44.4 Å². The van der Waals surface area contributed by atoms with E-state index < -0.39 is 6.10 Å². The standard InChI is InChI=1S/C15H23NO3/c1-5-13(19-4)14(18)16-15(2,3)10-11-6-8-12(17)9-7-11/h6-9,13,17H,5,10H2,1-4H3,(H,16,18)/t13-/m1/s1. The molecule has 0 unspecified atom stereocenters. The molecule has 4 nitrogen and oxygen atoms in total. The van der Waals surface area contributed by atoms with E-state index in [-0.39, 0.29) is 17.2 Å². The van der Waals surface area contributed by atoms with Crippen LogP contribution in [0.2, 0.25) is 0 Å². The number of rotatable bonds is 6. The first kappa shape index (κ1) is 15.5. The predicted molar refractivity (Wildman–Crippen MR) is 75.1 cm³/mol. The van der Waals surface area contributed by atoms with Gasteiger partial charge in [-0.3, -0.25) is 4.79 Å². The number of aromatic hydroxyl groups is 1. The SMILES string of the molecule is CC[C@@H](OC)C(=O)NC(C)(C)Cc1ccc(O)cc1. The van der Waals surface area contributed by atoms with E-state index >= 15 is 0 Å². The number of carbonyl (C=O) groups is 1. The highest BCUT2D eigenvalue weighted by atomic mass is 16.5. The summed E-state index contributed by atoms with van der Waals surface area (Å²) in [4.78, 5) is 12.0. The van der Waals surface area contributed by atoms with Crippen LogP contribution in [0.15, 0.2) is 24.3 Å². The summed E-state index contributed by atoms with van der Waals surface area (Å²) in [5.74, 6) is 0.157. The molecule has 0 aliphatic carbocycles. The average molecular weight is 265 g/mol. The Bertz CT molecular complexity index is 408. The van der Waals surface area contributed by atoms with Crippen molar-refractivity contribution in [1.29, 1.82) is 0 Å². The molecule has 1 aromatic rings. The van der Waals surface area contributed by atoms with E-state index in [1.54, 1.807) is 19.2 Å². The number of phenols is 1. The summed E-state index contributed by atoms with van der Waals surface area (Å²) in [5, 5.41) is 12.2. The van der Waals surface area contributed by atoms with Gasteiger partial charge in [-0.15, -0.1) is 0 Å². The minimum absolute atomic E-state index is 0.0891. The van der Waals surface area contributed by atoms with Gasteiger partial charge in [-0.1, -0.05) is 19.1 Å². The minimum Gasteiger partial charge on any atom is -0.508 e. The van der Waals surface area contributed by atoms with Gasteiger partial charge < -0.3 is 15.2 Å². The van der Waals surface area contributed by atoms with E-state index in [4.69, 9.17) is 4.74 Å². The van der Waals surface area contributed by atoms with E-state index in [0.29, 0.717) is 12.8 Å². The molecular weight excluding hydrogens is 242 g/mol. The number of ether oxygens (including phenoxy) is 1. The fraction of sp³-hybridized carbons (Fsp3) is 0.533. The number of amides is 1. The maximum atomic E-state index is 12.0. The van der Waals surface area contributed by atoms with Gasteiger partial charge in [0, 0.05) is 12.6 Å². The van der Waals surface area contributed by atoms with Crippen LogP contribution >= 0.6 is 0 Å². The number of carbonyl (C=O) groups excluding carboxylic acids is 1. The van der Waals surface area contributed by atoms with Crippen molar-refractivity contribution < 1.29 is 14.6 Å². The second-order valence-electron chi connectivity index (χ2n) is 5.35. The van der Waals surface area contributed by atoms with Crippen LogP contribution in [0, 0.1) is 0 Å². The highest BCUT2D eigenvalue weighted by Gasteiger charge is 2.25. The van der Waals surface area contributed by atoms with E-state index in [1.807, 2.05) is 32.9 Å². The van der Waals surface area contributed by atoms with Crippen LogP contribution in [0.4, 0.5) is 0 Å². The van der Waals surface area contributed by atoms with Crippen LogP contribution in [0.25, 0.3) is 0 Å². The Labute approximate surface area is 114 Å². The molecule has 0 aliphatic rings. The van der Waals surface area contributed by atoms with Crippen molar-refractivity contribution in [2.24, 2.45) is 0 Å². The molecule has 4 heteroatoms. The third-order valence-corrected chi connectivity index (χ3v) is 2.99. The molecule has 0 radical (unpaired) electrons. The number of hydrogen-bond acceptors (Lipinski definition) is 3. The third kappa shape index (κ3) is 4.91. The first-order valence-corrected chi connectivity index (χ1v) is 6.50. The molecule has 1 atom stereocenters. The Morgan fingerprint density at radius 2 is 1.95 bits per heavy atom. The highest BCUT2D eigenvalue weighted by molar-refractivity contribution is 5.81. The van der Waals surface area contributed by atoms with E-state index in [2.05, 4.69) is 5.32 Å². The molecule has 0 heterocycles. The summed E-state index contributed by atoms with van der Waals surface area (Å²) in [7, 11) is 1.54. The predicted octanol–water partition coefficient (Wildman–Crippen LogP) is 2.25. The first-order valence-electron chi connectivity index (χ1n) is 6.50. The third-order valence-electron chi connectivity index (χ3n) is 2.99. The molecule has 0 spiro atoms. The zero-order valence-electron chi connectivity index (χ0n) is 12.1. The van der Waals surface area contributed by atoms with Crippen LogP contribution in [0.1, 0.15) is 32.8 Å². The smallest absolute Gasteiger partial charge is 0.249 e. The Kier molecular flexibility index (Phi) is 5.36. The largest absolute Gasteiger partial charge is 0.508 e. The van der Waals surface area contributed by atoms with Crippen molar-refractivity contribution in [3.8, 4) is 5.75 Å². The van der Waals surface area contributed by atoms with Gasteiger partial charge in [0.05, 0.1) is 0 Å². The summed E-state index contributed by atoms with van der Waals surface area (Å²) in [6.07, 6.45) is 0.940. The molecule has 0 saturated carbocycles. The lowest BCUT2D eigenvalue weighted by molar-refractivity contribution is -0.132. The summed E-state index contributed by atoms with van der Waals surface area (Å²) >= 11 is 0. The molecule has 1 amide bonds. The Hall–Kier alpha value is -1.55. The van der Waals surface area contributed by atoms with Gasteiger partial charge in [0.2, 0.25) is 5.91 Å². The maximum absolute atomic E-state index is 12.0. The summed E-state index contributed by atoms with van der Waals surface area (Å²) in [6, 6.07) is 7.02. The highest BCUT2D eigenvalue weighted by Crippen LogP contribution is 2.16. The van der Waals surface area contributed by atoms with Crippen molar-refractivity contribution in [3.63, 3.8) is 0 Å². The van der Waals surface area contributed by atoms with Gasteiger partial charge in [-0.25, -0.2) is 0 Å². The summed E-state index contributed by atoms with van der Waals surface area (Å²) < 4.78 is 5.13. The van der Waals surface area contributed by atoms with E-state index in [1.165, 1.54) is 0 Å². The molecule has 106 valence electrons. The van der Waals surface area contributed by atoms with Crippen LogP contribution in [0.5, 0.6) is 5.75 Å². The zero-order chi connectivity index (χ0) is 14.5. The van der Waals surface area contributed by atoms with Crippen molar-refractivity contribution >= 4 is 5.91 Å². The average Bonchev–Trinajstić information content (AvgIpc) is 2.32. The zero-order valence-corrected chi connectivity index (χ0v) is 12.1. The molecule has 19 heavy (non-hydrogen) atoms. The van der Waals surface area contributed by atoms with Crippen molar-refractivity contribution in [2.75, 3.05) is 7.11 Å². The molecule has 0 bridgehead atoms. The van der Waals surface area contributed by atoms with Crippen molar-refractivity contribution in [3.05, 3.63) is 29.8 Å². The molecule has 2 N–H and O–H groups in total. The number of benzene rings is 1. The van der Waals surface area contributed by atoms with Gasteiger partial charge in [0.25, 0.3) is 0 Å². The van der Waals surface area contributed by atoms with E-state index in [9.17, 15) is 9.90 Å².